The molecule has 3 amide bonds. The predicted octanol–water partition coefficient (Wildman–Crippen LogP) is 2.97. The molecule has 0 unspecified atom stereocenters. The number of carbonyl (C=O) groups excluding carboxylic acids is 3. The summed E-state index contributed by atoms with van der Waals surface area (Å²) in [4.78, 5) is 36.1. The van der Waals surface area contributed by atoms with Crippen LogP contribution in [0.4, 0.5) is 5.69 Å². The fraction of sp³-hybridized carbons (Fsp3) is 0.500. The van der Waals surface area contributed by atoms with Crippen LogP contribution in [0.3, 0.4) is 0 Å². The fourth-order valence-electron chi connectivity index (χ4n) is 1.92. The second-order valence-corrected chi connectivity index (χ2v) is 7.19. The summed E-state index contributed by atoms with van der Waals surface area (Å²) in [7, 11) is 0. The van der Waals surface area contributed by atoms with E-state index in [9.17, 15) is 14.4 Å². The van der Waals surface area contributed by atoms with Crippen LogP contribution in [0, 0.1) is 5.41 Å². The third kappa shape index (κ3) is 7.13. The highest BCUT2D eigenvalue weighted by Gasteiger charge is 2.21. The Bertz CT molecular complexity index is 639. The van der Waals surface area contributed by atoms with Gasteiger partial charge in [0.1, 0.15) is 0 Å². The molecule has 0 saturated carbocycles. The highest BCUT2D eigenvalue weighted by Crippen LogP contribution is 2.21. The highest BCUT2D eigenvalue weighted by molar-refractivity contribution is 6.31. The molecule has 0 fully saturated rings. The molecule has 3 N–H and O–H groups in total. The van der Waals surface area contributed by atoms with Crippen molar-refractivity contribution in [3.63, 3.8) is 0 Å². The second kappa shape index (κ2) is 9.42. The topological polar surface area (TPSA) is 87.3 Å². The van der Waals surface area contributed by atoms with E-state index in [-0.39, 0.29) is 30.7 Å². The van der Waals surface area contributed by atoms with E-state index in [0.29, 0.717) is 22.8 Å². The van der Waals surface area contributed by atoms with Crippen molar-refractivity contribution in [2.45, 2.75) is 40.5 Å². The summed E-state index contributed by atoms with van der Waals surface area (Å²) >= 11 is 5.97. The zero-order chi connectivity index (χ0) is 19.0. The van der Waals surface area contributed by atoms with Crippen molar-refractivity contribution in [2.24, 2.45) is 5.41 Å². The first-order chi connectivity index (χ1) is 11.6. The number of rotatable bonds is 7. The maximum Gasteiger partial charge on any atom is 0.253 e. The molecule has 1 aromatic rings. The zero-order valence-electron chi connectivity index (χ0n) is 15.2. The van der Waals surface area contributed by atoms with Gasteiger partial charge in [0, 0.05) is 29.9 Å². The molecule has 1 aromatic carbocycles. The van der Waals surface area contributed by atoms with Gasteiger partial charge in [-0.3, -0.25) is 14.4 Å². The zero-order valence-corrected chi connectivity index (χ0v) is 15.9. The Morgan fingerprint density at radius 1 is 1.08 bits per heavy atom. The lowest BCUT2D eigenvalue weighted by Gasteiger charge is -2.17. The molecule has 0 aliphatic heterocycles. The summed E-state index contributed by atoms with van der Waals surface area (Å²) in [6.07, 6.45) is 0.916. The van der Waals surface area contributed by atoms with E-state index < -0.39 is 5.41 Å². The smallest absolute Gasteiger partial charge is 0.253 e. The molecule has 0 aliphatic carbocycles. The summed E-state index contributed by atoms with van der Waals surface area (Å²) in [6.45, 7) is 8.13. The van der Waals surface area contributed by atoms with Crippen molar-refractivity contribution in [3.8, 4) is 0 Å². The standard InChI is InChI=1S/C18H26ClN3O3/c1-5-9-20-16(24)13-7-6-12(19)11-14(13)22-15(23)8-10-21-17(25)18(2,3)4/h6-7,11H,5,8-10H2,1-4H3,(H,20,24)(H,21,25)(H,22,23). The Morgan fingerprint density at radius 2 is 1.76 bits per heavy atom. The fourth-order valence-corrected chi connectivity index (χ4v) is 2.09. The molecule has 1 rings (SSSR count). The van der Waals surface area contributed by atoms with Gasteiger partial charge in [0.15, 0.2) is 0 Å². The van der Waals surface area contributed by atoms with Crippen LogP contribution in [0.15, 0.2) is 18.2 Å². The van der Waals surface area contributed by atoms with E-state index in [1.807, 2.05) is 6.92 Å². The van der Waals surface area contributed by atoms with Crippen LogP contribution in [0.5, 0.6) is 0 Å². The minimum atomic E-state index is -0.506. The Morgan fingerprint density at radius 3 is 2.36 bits per heavy atom. The Balaban J connectivity index is 2.68. The first kappa shape index (κ1) is 21.0. The highest BCUT2D eigenvalue weighted by atomic mass is 35.5. The lowest BCUT2D eigenvalue weighted by atomic mass is 9.96. The van der Waals surface area contributed by atoms with Crippen LogP contribution in [-0.4, -0.2) is 30.8 Å². The van der Waals surface area contributed by atoms with Crippen molar-refractivity contribution in [1.82, 2.24) is 10.6 Å². The molecule has 0 aromatic heterocycles. The number of nitrogens with one attached hydrogen (secondary N) is 3. The van der Waals surface area contributed by atoms with Gasteiger partial charge in [0.2, 0.25) is 11.8 Å². The molecule has 0 spiro atoms. The first-order valence-corrected chi connectivity index (χ1v) is 8.69. The van der Waals surface area contributed by atoms with E-state index in [1.165, 1.54) is 6.07 Å². The minimum absolute atomic E-state index is 0.102. The molecule has 0 saturated heterocycles. The van der Waals surface area contributed by atoms with Crippen molar-refractivity contribution in [3.05, 3.63) is 28.8 Å². The summed E-state index contributed by atoms with van der Waals surface area (Å²) in [5.74, 6) is -0.696. The van der Waals surface area contributed by atoms with Crippen LogP contribution in [0.25, 0.3) is 0 Å². The first-order valence-electron chi connectivity index (χ1n) is 8.31. The molecule has 6 nitrogen and oxygen atoms in total. The van der Waals surface area contributed by atoms with E-state index in [0.717, 1.165) is 6.42 Å². The van der Waals surface area contributed by atoms with Gasteiger partial charge in [0.05, 0.1) is 11.3 Å². The molecule has 138 valence electrons. The lowest BCUT2D eigenvalue weighted by Crippen LogP contribution is -2.36. The molecular formula is C18H26ClN3O3. The van der Waals surface area contributed by atoms with Gasteiger partial charge in [-0.2, -0.15) is 0 Å². The number of hydrogen-bond acceptors (Lipinski definition) is 3. The van der Waals surface area contributed by atoms with E-state index >= 15 is 0 Å². The quantitative estimate of drug-likeness (QED) is 0.692. The van der Waals surface area contributed by atoms with E-state index in [1.54, 1.807) is 32.9 Å². The molecule has 0 heterocycles. The molecule has 0 bridgehead atoms. The number of anilines is 1. The van der Waals surface area contributed by atoms with Gasteiger partial charge in [0.25, 0.3) is 5.91 Å². The number of hydrogen-bond donors (Lipinski definition) is 3. The van der Waals surface area contributed by atoms with Crippen molar-refractivity contribution in [1.29, 1.82) is 0 Å². The van der Waals surface area contributed by atoms with Gasteiger partial charge in [-0.05, 0) is 24.6 Å². The van der Waals surface area contributed by atoms with Gasteiger partial charge in [-0.25, -0.2) is 0 Å². The monoisotopic (exact) mass is 367 g/mol. The lowest BCUT2D eigenvalue weighted by molar-refractivity contribution is -0.128. The molecular weight excluding hydrogens is 342 g/mol. The number of benzene rings is 1. The Hall–Kier alpha value is -2.08. The van der Waals surface area contributed by atoms with Gasteiger partial charge < -0.3 is 16.0 Å². The van der Waals surface area contributed by atoms with Crippen LogP contribution >= 0.6 is 11.6 Å². The minimum Gasteiger partial charge on any atom is -0.355 e. The molecule has 25 heavy (non-hydrogen) atoms. The Labute approximate surface area is 153 Å². The van der Waals surface area contributed by atoms with Gasteiger partial charge in [-0.15, -0.1) is 0 Å². The van der Waals surface area contributed by atoms with Crippen molar-refractivity contribution >= 4 is 35.0 Å². The average molecular weight is 368 g/mol. The molecule has 0 aliphatic rings. The SMILES string of the molecule is CCCNC(=O)c1ccc(Cl)cc1NC(=O)CCNC(=O)C(C)(C)C. The van der Waals surface area contributed by atoms with Gasteiger partial charge in [-0.1, -0.05) is 39.3 Å². The van der Waals surface area contributed by atoms with Crippen LogP contribution in [0.1, 0.15) is 50.9 Å². The number of carbonyl (C=O) groups is 3. The van der Waals surface area contributed by atoms with E-state index in [4.69, 9.17) is 11.6 Å². The summed E-state index contributed by atoms with van der Waals surface area (Å²) in [5, 5.41) is 8.58. The maximum atomic E-state index is 12.2. The number of amides is 3. The van der Waals surface area contributed by atoms with E-state index in [2.05, 4.69) is 16.0 Å². The van der Waals surface area contributed by atoms with Crippen LogP contribution < -0.4 is 16.0 Å². The van der Waals surface area contributed by atoms with Crippen molar-refractivity contribution < 1.29 is 14.4 Å². The summed E-state index contributed by atoms with van der Waals surface area (Å²) in [5.41, 5.74) is 0.201. The average Bonchev–Trinajstić information content (AvgIpc) is 2.51. The van der Waals surface area contributed by atoms with Crippen molar-refractivity contribution in [2.75, 3.05) is 18.4 Å². The molecule has 0 radical (unpaired) electrons. The Kier molecular flexibility index (Phi) is 7.90. The van der Waals surface area contributed by atoms with Gasteiger partial charge >= 0.3 is 0 Å². The maximum absolute atomic E-state index is 12.2. The van der Waals surface area contributed by atoms with Crippen LogP contribution in [-0.2, 0) is 9.59 Å². The predicted molar refractivity (Wildman–Crippen MR) is 99.8 cm³/mol. The normalized spacial score (nSPS) is 10.9. The second-order valence-electron chi connectivity index (χ2n) is 6.75. The molecule has 0 atom stereocenters. The molecule has 7 heteroatoms. The third-order valence-corrected chi connectivity index (χ3v) is 3.59. The largest absolute Gasteiger partial charge is 0.355 e. The number of halogens is 1. The van der Waals surface area contributed by atoms with Crippen LogP contribution in [0.2, 0.25) is 5.02 Å². The summed E-state index contributed by atoms with van der Waals surface area (Å²) in [6, 6.07) is 4.71. The summed E-state index contributed by atoms with van der Waals surface area (Å²) < 4.78 is 0. The third-order valence-electron chi connectivity index (χ3n) is 3.35.